The van der Waals surface area contributed by atoms with E-state index in [1.807, 2.05) is 22.9 Å². The number of benzene rings is 1. The summed E-state index contributed by atoms with van der Waals surface area (Å²) in [5.74, 6) is -0.217. The van der Waals surface area contributed by atoms with Crippen molar-refractivity contribution in [2.75, 3.05) is 20.2 Å². The van der Waals surface area contributed by atoms with E-state index in [2.05, 4.69) is 23.6 Å². The number of thiocarbonyl (C=S) groups is 1. The number of fused-ring (bicyclic) bond motifs is 1. The Morgan fingerprint density at radius 2 is 2.27 bits per heavy atom. The average molecular weight is 427 g/mol. The summed E-state index contributed by atoms with van der Waals surface area (Å²) in [4.78, 5) is 26.4. The molecule has 8 heteroatoms. The Morgan fingerprint density at radius 1 is 1.43 bits per heavy atom. The van der Waals surface area contributed by atoms with Crippen molar-refractivity contribution in [2.45, 2.75) is 38.8 Å². The van der Waals surface area contributed by atoms with Gasteiger partial charge in [-0.05, 0) is 43.1 Å². The number of nitrogens with zero attached hydrogens (tertiary/aromatic N) is 2. The highest BCUT2D eigenvalue weighted by Crippen LogP contribution is 2.28. The fourth-order valence-electron chi connectivity index (χ4n) is 4.01. The third kappa shape index (κ3) is 3.97. The van der Waals surface area contributed by atoms with E-state index >= 15 is 0 Å². The molecular formula is C22H26N4O3S. The molecule has 2 fully saturated rings. The lowest BCUT2D eigenvalue weighted by molar-refractivity contribution is -0.122. The third-order valence-electron chi connectivity index (χ3n) is 5.64. The lowest BCUT2D eigenvalue weighted by Gasteiger charge is -2.12. The van der Waals surface area contributed by atoms with Crippen LogP contribution < -0.4 is 10.6 Å². The van der Waals surface area contributed by atoms with Gasteiger partial charge in [-0.2, -0.15) is 0 Å². The topological polar surface area (TPSA) is 75.6 Å². The molecule has 2 aliphatic rings. The minimum absolute atomic E-state index is 0.0523. The lowest BCUT2D eigenvalue weighted by Crippen LogP contribution is -2.34. The normalized spacial score (nSPS) is 20.4. The van der Waals surface area contributed by atoms with Gasteiger partial charge < -0.3 is 19.9 Å². The average Bonchev–Trinajstić information content (AvgIpc) is 3.44. The van der Waals surface area contributed by atoms with Crippen LogP contribution >= 0.6 is 12.2 Å². The molecule has 2 saturated heterocycles. The molecule has 0 spiro atoms. The van der Waals surface area contributed by atoms with E-state index in [9.17, 15) is 9.59 Å². The van der Waals surface area contributed by atoms with Crippen molar-refractivity contribution in [3.8, 4) is 0 Å². The number of carbonyl (C=O) groups excluding carboxylic acids is 2. The molecule has 0 aliphatic carbocycles. The number of aryl methyl sites for hydroxylation is 1. The number of carbonyl (C=O) groups is 2. The highest BCUT2D eigenvalue weighted by molar-refractivity contribution is 7.80. The van der Waals surface area contributed by atoms with Gasteiger partial charge in [-0.1, -0.05) is 25.1 Å². The number of para-hydroxylation sites is 1. The molecule has 1 aromatic carbocycles. The zero-order valence-electron chi connectivity index (χ0n) is 17.2. The van der Waals surface area contributed by atoms with Crippen LogP contribution in [0.4, 0.5) is 0 Å². The second kappa shape index (κ2) is 8.57. The van der Waals surface area contributed by atoms with Crippen LogP contribution in [0.1, 0.15) is 30.9 Å². The number of rotatable bonds is 6. The molecule has 0 bridgehead atoms. The van der Waals surface area contributed by atoms with Crippen LogP contribution in [0.3, 0.4) is 0 Å². The molecule has 0 radical (unpaired) electrons. The molecule has 4 rings (SSSR count). The fourth-order valence-corrected chi connectivity index (χ4v) is 4.21. The minimum Gasteiger partial charge on any atom is -0.376 e. The SMILES string of the molecule is CCc1cccc2c(C=C3NC(=S)N(C)C3=O)cn(CC(=O)NCC3CCCO3)c12. The first-order valence-electron chi connectivity index (χ1n) is 10.3. The molecular weight excluding hydrogens is 400 g/mol. The molecule has 1 unspecified atom stereocenters. The Hall–Kier alpha value is -2.71. The molecule has 0 saturated carbocycles. The molecule has 3 heterocycles. The first-order chi connectivity index (χ1) is 14.5. The molecule has 2 aromatic rings. The summed E-state index contributed by atoms with van der Waals surface area (Å²) in [5.41, 5.74) is 3.48. The maximum atomic E-state index is 12.6. The van der Waals surface area contributed by atoms with Crippen molar-refractivity contribution in [1.82, 2.24) is 20.1 Å². The van der Waals surface area contributed by atoms with Crippen LogP contribution in [-0.4, -0.2) is 52.7 Å². The van der Waals surface area contributed by atoms with Crippen LogP contribution in [0, 0.1) is 0 Å². The smallest absolute Gasteiger partial charge is 0.276 e. The molecule has 2 aliphatic heterocycles. The van der Waals surface area contributed by atoms with E-state index in [0.29, 0.717) is 17.4 Å². The van der Waals surface area contributed by atoms with Gasteiger partial charge in [0.25, 0.3) is 5.91 Å². The first kappa shape index (κ1) is 20.6. The van der Waals surface area contributed by atoms with Gasteiger partial charge in [0.15, 0.2) is 5.11 Å². The van der Waals surface area contributed by atoms with Crippen LogP contribution in [0.15, 0.2) is 30.1 Å². The summed E-state index contributed by atoms with van der Waals surface area (Å²) in [7, 11) is 1.65. The maximum absolute atomic E-state index is 12.6. The number of ether oxygens (including phenoxy) is 1. The number of nitrogens with one attached hydrogen (secondary N) is 2. The Kier molecular flexibility index (Phi) is 5.87. The molecule has 7 nitrogen and oxygen atoms in total. The maximum Gasteiger partial charge on any atom is 0.276 e. The fraction of sp³-hybridized carbons (Fsp3) is 0.409. The molecule has 158 valence electrons. The van der Waals surface area contributed by atoms with Crippen LogP contribution in [0.2, 0.25) is 0 Å². The van der Waals surface area contributed by atoms with Crippen molar-refractivity contribution in [1.29, 1.82) is 0 Å². The molecule has 1 atom stereocenters. The summed E-state index contributed by atoms with van der Waals surface area (Å²) >= 11 is 5.17. The predicted molar refractivity (Wildman–Crippen MR) is 120 cm³/mol. The number of aromatic nitrogens is 1. The first-order valence-corrected chi connectivity index (χ1v) is 10.7. The number of amides is 2. The van der Waals surface area contributed by atoms with E-state index in [-0.39, 0.29) is 24.5 Å². The van der Waals surface area contributed by atoms with E-state index in [0.717, 1.165) is 47.9 Å². The Labute approximate surface area is 181 Å². The van der Waals surface area contributed by atoms with Crippen molar-refractivity contribution in [2.24, 2.45) is 0 Å². The zero-order valence-corrected chi connectivity index (χ0v) is 18.1. The van der Waals surface area contributed by atoms with Crippen LogP contribution in [-0.2, 0) is 27.3 Å². The van der Waals surface area contributed by atoms with Gasteiger partial charge in [-0.3, -0.25) is 14.5 Å². The standard InChI is InChI=1S/C22H26N4O3S/c1-3-14-6-4-8-17-15(10-18-21(28)25(2)22(30)24-18)12-26(20(14)17)13-19(27)23-11-16-7-5-9-29-16/h4,6,8,10,12,16H,3,5,7,9,11,13H2,1-2H3,(H,23,27)(H,24,30). The number of likely N-dealkylation sites (N-methyl/N-ethyl adjacent to an activating group) is 1. The monoisotopic (exact) mass is 426 g/mol. The third-order valence-corrected chi connectivity index (χ3v) is 6.02. The quantitative estimate of drug-likeness (QED) is 0.547. The second-order valence-electron chi connectivity index (χ2n) is 7.67. The summed E-state index contributed by atoms with van der Waals surface area (Å²) in [6.45, 7) is 3.62. The molecule has 2 amide bonds. The largest absolute Gasteiger partial charge is 0.376 e. The zero-order chi connectivity index (χ0) is 21.3. The van der Waals surface area contributed by atoms with Crippen molar-refractivity contribution in [3.05, 3.63) is 41.2 Å². The van der Waals surface area contributed by atoms with Gasteiger partial charge in [-0.25, -0.2) is 0 Å². The minimum atomic E-state index is -0.165. The van der Waals surface area contributed by atoms with Crippen molar-refractivity contribution >= 4 is 46.1 Å². The Bertz CT molecular complexity index is 1040. The van der Waals surface area contributed by atoms with Crippen molar-refractivity contribution in [3.63, 3.8) is 0 Å². The van der Waals surface area contributed by atoms with Gasteiger partial charge in [0.05, 0.1) is 11.6 Å². The van der Waals surface area contributed by atoms with Gasteiger partial charge in [0.1, 0.15) is 12.2 Å². The highest BCUT2D eigenvalue weighted by atomic mass is 32.1. The highest BCUT2D eigenvalue weighted by Gasteiger charge is 2.27. The van der Waals surface area contributed by atoms with E-state index in [1.54, 1.807) is 13.1 Å². The lowest BCUT2D eigenvalue weighted by atomic mass is 10.1. The molecule has 2 N–H and O–H groups in total. The van der Waals surface area contributed by atoms with E-state index in [1.165, 1.54) is 4.90 Å². The van der Waals surface area contributed by atoms with Gasteiger partial charge >= 0.3 is 0 Å². The number of hydrogen-bond donors (Lipinski definition) is 2. The summed E-state index contributed by atoms with van der Waals surface area (Å²) in [6, 6.07) is 6.09. The Balaban J connectivity index is 1.63. The summed E-state index contributed by atoms with van der Waals surface area (Å²) < 4.78 is 7.55. The van der Waals surface area contributed by atoms with Crippen LogP contribution in [0.5, 0.6) is 0 Å². The molecule has 30 heavy (non-hydrogen) atoms. The molecule has 1 aromatic heterocycles. The predicted octanol–water partition coefficient (Wildman–Crippen LogP) is 2.19. The summed E-state index contributed by atoms with van der Waals surface area (Å²) in [5, 5.41) is 7.34. The van der Waals surface area contributed by atoms with Gasteiger partial charge in [-0.15, -0.1) is 0 Å². The van der Waals surface area contributed by atoms with Gasteiger partial charge in [0, 0.05) is 37.3 Å². The van der Waals surface area contributed by atoms with E-state index < -0.39 is 0 Å². The van der Waals surface area contributed by atoms with Gasteiger partial charge in [0.2, 0.25) is 5.91 Å². The summed E-state index contributed by atoms with van der Waals surface area (Å²) in [6.07, 6.45) is 6.73. The van der Waals surface area contributed by atoms with E-state index in [4.69, 9.17) is 17.0 Å². The van der Waals surface area contributed by atoms with Crippen LogP contribution in [0.25, 0.3) is 17.0 Å². The Morgan fingerprint density at radius 3 is 2.93 bits per heavy atom. The number of hydrogen-bond acceptors (Lipinski definition) is 4. The van der Waals surface area contributed by atoms with Crippen molar-refractivity contribution < 1.29 is 14.3 Å². The second-order valence-corrected chi connectivity index (χ2v) is 8.06.